The van der Waals surface area contributed by atoms with E-state index in [4.69, 9.17) is 10.7 Å². The zero-order valence-electron chi connectivity index (χ0n) is 17.7. The molecule has 0 bridgehead atoms. The van der Waals surface area contributed by atoms with Crippen LogP contribution in [0.4, 0.5) is 5.69 Å². The molecule has 1 aromatic carbocycles. The first-order chi connectivity index (χ1) is 15.8. The fourth-order valence-electron chi connectivity index (χ4n) is 4.55. The number of nitrogens with zero attached hydrogens (tertiary/aromatic N) is 5. The monoisotopic (exact) mass is 420 g/mol. The third kappa shape index (κ3) is 3.29. The normalized spacial score (nSPS) is 15.0. The van der Waals surface area contributed by atoms with Gasteiger partial charge >= 0.3 is 0 Å². The Labute approximate surface area is 186 Å². The Kier molecular flexibility index (Phi) is 4.58. The van der Waals surface area contributed by atoms with Crippen molar-refractivity contribution in [2.45, 2.75) is 18.9 Å². The second kappa shape index (κ2) is 7.73. The van der Waals surface area contributed by atoms with Crippen LogP contribution in [0.2, 0.25) is 0 Å². The number of imidazole rings is 1. The summed E-state index contributed by atoms with van der Waals surface area (Å²) in [5, 5.41) is 1.15. The van der Waals surface area contributed by atoms with Crippen molar-refractivity contribution >= 4 is 22.2 Å². The maximum Gasteiger partial charge on any atom is 0.137 e. The molecule has 6 heteroatoms. The topological polar surface area (TPSA) is 72.3 Å². The molecule has 6 nitrogen and oxygen atoms in total. The Morgan fingerprint density at radius 1 is 0.906 bits per heavy atom. The molecule has 1 aliphatic rings. The molecule has 1 saturated heterocycles. The Hall–Kier alpha value is -3.77. The summed E-state index contributed by atoms with van der Waals surface area (Å²) in [6.07, 6.45) is 9.65. The quantitative estimate of drug-likeness (QED) is 0.464. The van der Waals surface area contributed by atoms with Crippen molar-refractivity contribution in [2.75, 3.05) is 18.0 Å². The summed E-state index contributed by atoms with van der Waals surface area (Å²) in [5.41, 5.74) is 13.3. The van der Waals surface area contributed by atoms with Gasteiger partial charge in [0.05, 0.1) is 28.8 Å². The zero-order valence-corrected chi connectivity index (χ0v) is 17.7. The van der Waals surface area contributed by atoms with Crippen LogP contribution in [-0.4, -0.2) is 38.5 Å². The molecule has 2 N–H and O–H groups in total. The molecule has 0 amide bonds. The number of hydrogen-bond donors (Lipinski definition) is 1. The smallest absolute Gasteiger partial charge is 0.137 e. The van der Waals surface area contributed by atoms with Crippen molar-refractivity contribution in [3.05, 3.63) is 79.4 Å². The molecule has 0 unspecified atom stereocenters. The van der Waals surface area contributed by atoms with Gasteiger partial charge in [0, 0.05) is 48.7 Å². The molecule has 5 heterocycles. The summed E-state index contributed by atoms with van der Waals surface area (Å²) in [5.74, 6) is 0. The number of fused-ring (bicyclic) bond motifs is 2. The minimum absolute atomic E-state index is 0.305. The van der Waals surface area contributed by atoms with Crippen molar-refractivity contribution in [1.29, 1.82) is 0 Å². The average molecular weight is 421 g/mol. The van der Waals surface area contributed by atoms with Crippen LogP contribution in [0.1, 0.15) is 12.8 Å². The highest BCUT2D eigenvalue weighted by atomic mass is 15.1. The number of piperidine rings is 1. The van der Waals surface area contributed by atoms with E-state index < -0.39 is 0 Å². The highest BCUT2D eigenvalue weighted by Crippen LogP contribution is 2.31. The van der Waals surface area contributed by atoms with Gasteiger partial charge in [-0.2, -0.15) is 0 Å². The van der Waals surface area contributed by atoms with Gasteiger partial charge in [-0.3, -0.25) is 9.38 Å². The lowest BCUT2D eigenvalue weighted by Crippen LogP contribution is -2.39. The number of rotatable bonds is 3. The predicted octanol–water partition coefficient (Wildman–Crippen LogP) is 4.54. The number of nitrogens with two attached hydrogens (primary N) is 1. The van der Waals surface area contributed by atoms with E-state index in [1.54, 1.807) is 6.20 Å². The van der Waals surface area contributed by atoms with Gasteiger partial charge < -0.3 is 10.6 Å². The van der Waals surface area contributed by atoms with Crippen molar-refractivity contribution in [3.8, 4) is 22.5 Å². The molecule has 6 rings (SSSR count). The minimum Gasteiger partial charge on any atom is -0.370 e. The summed E-state index contributed by atoms with van der Waals surface area (Å²) in [6, 6.07) is 19.1. The molecule has 4 aromatic heterocycles. The lowest BCUT2D eigenvalue weighted by Gasteiger charge is -2.32. The van der Waals surface area contributed by atoms with E-state index in [-0.39, 0.29) is 0 Å². The number of pyridine rings is 3. The van der Waals surface area contributed by atoms with Crippen molar-refractivity contribution in [1.82, 2.24) is 19.4 Å². The number of benzene rings is 1. The lowest BCUT2D eigenvalue weighted by molar-refractivity contribution is 0.502. The Morgan fingerprint density at radius 2 is 1.81 bits per heavy atom. The molecule has 158 valence electrons. The molecule has 0 saturated carbocycles. The van der Waals surface area contributed by atoms with E-state index in [0.29, 0.717) is 6.04 Å². The molecule has 32 heavy (non-hydrogen) atoms. The van der Waals surface area contributed by atoms with Crippen LogP contribution in [0.5, 0.6) is 0 Å². The van der Waals surface area contributed by atoms with E-state index in [1.807, 2.05) is 18.5 Å². The average Bonchev–Trinajstić information content (AvgIpc) is 3.28. The SMILES string of the molecule is NC1CCN(c2cccc3ccc(-c4cnc5cc(-c6cccnc6)ccn45)nc23)CC1. The second-order valence-corrected chi connectivity index (χ2v) is 8.40. The molecular weight excluding hydrogens is 396 g/mol. The van der Waals surface area contributed by atoms with Gasteiger partial charge in [-0.15, -0.1) is 0 Å². The first-order valence-electron chi connectivity index (χ1n) is 11.0. The van der Waals surface area contributed by atoms with Crippen LogP contribution in [0, 0.1) is 0 Å². The highest BCUT2D eigenvalue weighted by molar-refractivity contribution is 5.92. The molecule has 1 fully saturated rings. The fourth-order valence-corrected chi connectivity index (χ4v) is 4.55. The van der Waals surface area contributed by atoms with E-state index >= 15 is 0 Å². The van der Waals surface area contributed by atoms with Crippen LogP contribution in [-0.2, 0) is 0 Å². The number of aromatic nitrogens is 4. The number of hydrogen-bond acceptors (Lipinski definition) is 5. The van der Waals surface area contributed by atoms with Crippen LogP contribution >= 0.6 is 0 Å². The van der Waals surface area contributed by atoms with Crippen LogP contribution in [0.25, 0.3) is 39.1 Å². The van der Waals surface area contributed by atoms with Gasteiger partial charge in [0.25, 0.3) is 0 Å². The molecule has 5 aromatic rings. The van der Waals surface area contributed by atoms with Gasteiger partial charge in [0.2, 0.25) is 0 Å². The summed E-state index contributed by atoms with van der Waals surface area (Å²) < 4.78 is 2.09. The van der Waals surface area contributed by atoms with Crippen LogP contribution in [0.15, 0.2) is 79.4 Å². The van der Waals surface area contributed by atoms with Gasteiger partial charge in [-0.1, -0.05) is 24.3 Å². The first kappa shape index (κ1) is 19.0. The number of anilines is 1. The van der Waals surface area contributed by atoms with Crippen molar-refractivity contribution < 1.29 is 0 Å². The predicted molar refractivity (Wildman–Crippen MR) is 129 cm³/mol. The van der Waals surface area contributed by atoms with Gasteiger partial charge in [-0.05, 0) is 48.7 Å². The van der Waals surface area contributed by atoms with Gasteiger partial charge in [0.15, 0.2) is 0 Å². The van der Waals surface area contributed by atoms with Crippen LogP contribution < -0.4 is 10.6 Å². The summed E-state index contributed by atoms with van der Waals surface area (Å²) >= 11 is 0. The van der Waals surface area contributed by atoms with E-state index in [1.165, 1.54) is 5.69 Å². The minimum atomic E-state index is 0.305. The van der Waals surface area contributed by atoms with Crippen molar-refractivity contribution in [2.24, 2.45) is 5.73 Å². The first-order valence-corrected chi connectivity index (χ1v) is 11.0. The number of para-hydroxylation sites is 1. The standard InChI is InChI=1S/C26H24N6/c27-21-9-12-31(13-10-21)23-5-1-3-18-6-7-22(30-26(18)23)24-17-29-25-15-19(8-14-32(24)25)20-4-2-11-28-16-20/h1-8,11,14-17,21H,9-10,12-13,27H2. The van der Waals surface area contributed by atoms with Gasteiger partial charge in [0.1, 0.15) is 5.65 Å². The molecular formula is C26H24N6. The largest absolute Gasteiger partial charge is 0.370 e. The maximum absolute atomic E-state index is 6.12. The second-order valence-electron chi connectivity index (χ2n) is 8.40. The van der Waals surface area contributed by atoms with E-state index in [0.717, 1.165) is 65.0 Å². The van der Waals surface area contributed by atoms with Gasteiger partial charge in [-0.25, -0.2) is 9.97 Å². The molecule has 0 aliphatic carbocycles. The zero-order chi connectivity index (χ0) is 21.5. The highest BCUT2D eigenvalue weighted by Gasteiger charge is 2.19. The summed E-state index contributed by atoms with van der Waals surface area (Å²) in [4.78, 5) is 16.4. The third-order valence-corrected chi connectivity index (χ3v) is 6.35. The Morgan fingerprint density at radius 3 is 2.66 bits per heavy atom. The summed E-state index contributed by atoms with van der Waals surface area (Å²) in [7, 11) is 0. The molecule has 0 atom stereocenters. The maximum atomic E-state index is 6.12. The lowest BCUT2D eigenvalue weighted by atomic mass is 10.0. The molecule has 0 spiro atoms. The van der Waals surface area contributed by atoms with E-state index in [2.05, 4.69) is 74.0 Å². The van der Waals surface area contributed by atoms with Crippen molar-refractivity contribution in [3.63, 3.8) is 0 Å². The molecule has 1 aliphatic heterocycles. The molecule has 0 radical (unpaired) electrons. The fraction of sp³-hybridized carbons (Fsp3) is 0.192. The third-order valence-electron chi connectivity index (χ3n) is 6.35. The van der Waals surface area contributed by atoms with E-state index in [9.17, 15) is 0 Å². The Balaban J connectivity index is 1.42. The Bertz CT molecular complexity index is 1400. The summed E-state index contributed by atoms with van der Waals surface area (Å²) in [6.45, 7) is 1.94. The van der Waals surface area contributed by atoms with Crippen LogP contribution in [0.3, 0.4) is 0 Å².